The molecule has 0 unspecified atom stereocenters. The van der Waals surface area contributed by atoms with Crippen LogP contribution in [0.3, 0.4) is 0 Å². The number of nitrogens with zero attached hydrogens (tertiary/aromatic N) is 5. The van der Waals surface area contributed by atoms with E-state index in [1.54, 1.807) is 16.3 Å². The standard InChI is InChI=1S/C10H12ClN5O/c1-3-8-14-7(11)4-10(17)16(8)5-9-12-6-13-15(9)2/h4,6H,3,5H2,1-2H3. The van der Waals surface area contributed by atoms with Crippen LogP contribution in [0.2, 0.25) is 5.15 Å². The average molecular weight is 254 g/mol. The zero-order valence-electron chi connectivity index (χ0n) is 9.59. The molecule has 2 aromatic heterocycles. The van der Waals surface area contributed by atoms with E-state index in [9.17, 15) is 4.79 Å². The second kappa shape index (κ2) is 4.67. The molecule has 0 atom stereocenters. The zero-order valence-corrected chi connectivity index (χ0v) is 10.3. The number of aryl methyl sites for hydroxylation is 2. The lowest BCUT2D eigenvalue weighted by Gasteiger charge is -2.09. The Kier molecular flexibility index (Phi) is 3.23. The largest absolute Gasteiger partial charge is 0.289 e. The minimum absolute atomic E-state index is 0.176. The van der Waals surface area contributed by atoms with Crippen molar-refractivity contribution in [3.05, 3.63) is 39.5 Å². The lowest BCUT2D eigenvalue weighted by Crippen LogP contribution is -2.26. The van der Waals surface area contributed by atoms with Crippen LogP contribution in [-0.4, -0.2) is 24.3 Å². The maximum atomic E-state index is 11.8. The van der Waals surface area contributed by atoms with Gasteiger partial charge in [0.2, 0.25) is 0 Å². The van der Waals surface area contributed by atoms with Gasteiger partial charge in [-0.1, -0.05) is 18.5 Å². The Labute approximate surface area is 103 Å². The van der Waals surface area contributed by atoms with E-state index in [0.717, 1.165) is 0 Å². The van der Waals surface area contributed by atoms with Gasteiger partial charge in [0.15, 0.2) is 0 Å². The fourth-order valence-electron chi connectivity index (χ4n) is 1.57. The van der Waals surface area contributed by atoms with Crippen molar-refractivity contribution in [2.75, 3.05) is 0 Å². The normalized spacial score (nSPS) is 10.8. The Balaban J connectivity index is 2.45. The highest BCUT2D eigenvalue weighted by Crippen LogP contribution is 2.04. The molecular formula is C10H12ClN5O. The first-order chi connectivity index (χ1) is 8.11. The van der Waals surface area contributed by atoms with Crippen LogP contribution in [-0.2, 0) is 20.0 Å². The first-order valence-electron chi connectivity index (χ1n) is 5.21. The molecule has 0 aliphatic heterocycles. The van der Waals surface area contributed by atoms with Gasteiger partial charge in [0.1, 0.15) is 23.1 Å². The molecule has 90 valence electrons. The molecule has 17 heavy (non-hydrogen) atoms. The van der Waals surface area contributed by atoms with Crippen molar-refractivity contribution in [1.29, 1.82) is 0 Å². The maximum absolute atomic E-state index is 11.8. The molecule has 0 saturated carbocycles. The SMILES string of the molecule is CCc1nc(Cl)cc(=O)n1Cc1ncnn1C. The number of aromatic nitrogens is 5. The lowest BCUT2D eigenvalue weighted by atomic mass is 10.4. The number of rotatable bonds is 3. The molecule has 2 rings (SSSR count). The summed E-state index contributed by atoms with van der Waals surface area (Å²) in [5.41, 5.74) is -0.176. The fraction of sp³-hybridized carbons (Fsp3) is 0.400. The Hall–Kier alpha value is -1.69. The lowest BCUT2D eigenvalue weighted by molar-refractivity contribution is 0.607. The third kappa shape index (κ3) is 2.36. The van der Waals surface area contributed by atoms with Gasteiger partial charge in [-0.2, -0.15) is 5.10 Å². The van der Waals surface area contributed by atoms with Gasteiger partial charge in [0, 0.05) is 19.5 Å². The van der Waals surface area contributed by atoms with E-state index in [-0.39, 0.29) is 10.7 Å². The molecule has 0 saturated heterocycles. The predicted octanol–water partition coefficient (Wildman–Crippen LogP) is 0.636. The average Bonchev–Trinajstić information content (AvgIpc) is 2.68. The monoisotopic (exact) mass is 253 g/mol. The molecular weight excluding hydrogens is 242 g/mol. The van der Waals surface area contributed by atoms with E-state index in [2.05, 4.69) is 15.1 Å². The minimum atomic E-state index is -0.176. The Morgan fingerprint density at radius 3 is 2.76 bits per heavy atom. The second-order valence-electron chi connectivity index (χ2n) is 3.57. The van der Waals surface area contributed by atoms with E-state index in [4.69, 9.17) is 11.6 Å². The molecule has 0 spiro atoms. The summed E-state index contributed by atoms with van der Waals surface area (Å²) < 4.78 is 3.18. The van der Waals surface area contributed by atoms with Crippen molar-refractivity contribution in [3.8, 4) is 0 Å². The summed E-state index contributed by atoms with van der Waals surface area (Å²) in [6.07, 6.45) is 2.09. The summed E-state index contributed by atoms with van der Waals surface area (Å²) in [6, 6.07) is 1.30. The van der Waals surface area contributed by atoms with Gasteiger partial charge in [0.25, 0.3) is 5.56 Å². The van der Waals surface area contributed by atoms with Gasteiger partial charge in [0.05, 0.1) is 6.54 Å². The van der Waals surface area contributed by atoms with E-state index >= 15 is 0 Å². The summed E-state index contributed by atoms with van der Waals surface area (Å²) in [5, 5.41) is 4.18. The molecule has 6 nitrogen and oxygen atoms in total. The van der Waals surface area contributed by atoms with Gasteiger partial charge >= 0.3 is 0 Å². The summed E-state index contributed by atoms with van der Waals surface area (Å²) >= 11 is 5.76. The quantitative estimate of drug-likeness (QED) is 0.753. The number of hydrogen-bond donors (Lipinski definition) is 0. The fourth-order valence-corrected chi connectivity index (χ4v) is 1.76. The highest BCUT2D eigenvalue weighted by molar-refractivity contribution is 6.29. The van der Waals surface area contributed by atoms with Crippen molar-refractivity contribution in [2.24, 2.45) is 7.05 Å². The third-order valence-electron chi connectivity index (χ3n) is 2.48. The van der Waals surface area contributed by atoms with Crippen LogP contribution < -0.4 is 5.56 Å². The molecule has 0 amide bonds. The first-order valence-corrected chi connectivity index (χ1v) is 5.58. The van der Waals surface area contributed by atoms with Crippen molar-refractivity contribution in [1.82, 2.24) is 24.3 Å². The number of hydrogen-bond acceptors (Lipinski definition) is 4. The van der Waals surface area contributed by atoms with Crippen LogP contribution in [0, 0.1) is 0 Å². The predicted molar refractivity (Wildman–Crippen MR) is 63.0 cm³/mol. The molecule has 2 heterocycles. The second-order valence-corrected chi connectivity index (χ2v) is 3.96. The Morgan fingerprint density at radius 1 is 1.41 bits per heavy atom. The van der Waals surface area contributed by atoms with Crippen molar-refractivity contribution < 1.29 is 0 Å². The van der Waals surface area contributed by atoms with Gasteiger partial charge in [-0.05, 0) is 0 Å². The van der Waals surface area contributed by atoms with Crippen molar-refractivity contribution in [2.45, 2.75) is 19.9 Å². The molecule has 0 aliphatic rings. The summed E-state index contributed by atoms with van der Waals surface area (Å²) in [6.45, 7) is 2.27. The van der Waals surface area contributed by atoms with E-state index in [1.165, 1.54) is 12.4 Å². The van der Waals surface area contributed by atoms with Crippen LogP contribution in [0.25, 0.3) is 0 Å². The molecule has 0 fully saturated rings. The Bertz CT molecular complexity index is 589. The van der Waals surface area contributed by atoms with Gasteiger partial charge < -0.3 is 0 Å². The summed E-state index contributed by atoms with van der Waals surface area (Å²) in [5.74, 6) is 1.34. The van der Waals surface area contributed by atoms with Crippen molar-refractivity contribution >= 4 is 11.6 Å². The van der Waals surface area contributed by atoms with Crippen LogP contribution in [0.4, 0.5) is 0 Å². The molecule has 2 aromatic rings. The molecule has 0 radical (unpaired) electrons. The van der Waals surface area contributed by atoms with E-state index in [1.807, 2.05) is 6.92 Å². The van der Waals surface area contributed by atoms with Crippen LogP contribution in [0.5, 0.6) is 0 Å². The van der Waals surface area contributed by atoms with Gasteiger partial charge in [-0.15, -0.1) is 0 Å². The van der Waals surface area contributed by atoms with Gasteiger partial charge in [-0.3, -0.25) is 14.0 Å². The van der Waals surface area contributed by atoms with Crippen molar-refractivity contribution in [3.63, 3.8) is 0 Å². The van der Waals surface area contributed by atoms with E-state index in [0.29, 0.717) is 24.6 Å². The Morgan fingerprint density at radius 2 is 2.18 bits per heavy atom. The topological polar surface area (TPSA) is 65.6 Å². The van der Waals surface area contributed by atoms with Crippen LogP contribution in [0.1, 0.15) is 18.6 Å². The smallest absolute Gasteiger partial charge is 0.255 e. The molecule has 0 bridgehead atoms. The molecule has 7 heteroatoms. The van der Waals surface area contributed by atoms with E-state index < -0.39 is 0 Å². The number of halogens is 1. The highest BCUT2D eigenvalue weighted by atomic mass is 35.5. The maximum Gasteiger partial charge on any atom is 0.255 e. The first kappa shape index (κ1) is 11.8. The third-order valence-corrected chi connectivity index (χ3v) is 2.67. The summed E-state index contributed by atoms with van der Waals surface area (Å²) in [7, 11) is 1.78. The zero-order chi connectivity index (χ0) is 12.4. The van der Waals surface area contributed by atoms with Crippen LogP contribution in [0.15, 0.2) is 17.2 Å². The minimum Gasteiger partial charge on any atom is -0.289 e. The van der Waals surface area contributed by atoms with Gasteiger partial charge in [-0.25, -0.2) is 9.97 Å². The van der Waals surface area contributed by atoms with Crippen LogP contribution >= 0.6 is 11.6 Å². The molecule has 0 aliphatic carbocycles. The highest BCUT2D eigenvalue weighted by Gasteiger charge is 2.09. The summed E-state index contributed by atoms with van der Waals surface area (Å²) in [4.78, 5) is 20.1. The molecule has 0 aromatic carbocycles. The molecule has 0 N–H and O–H groups in total.